The first-order valence-electron chi connectivity index (χ1n) is 8.50. The van der Waals surface area contributed by atoms with Crippen molar-refractivity contribution in [3.63, 3.8) is 0 Å². The zero-order valence-corrected chi connectivity index (χ0v) is 16.1. The van der Waals surface area contributed by atoms with E-state index in [-0.39, 0.29) is 23.7 Å². The number of thiophene rings is 1. The number of hydrogen-bond donors (Lipinski definition) is 1. The first-order valence-corrected chi connectivity index (χ1v) is 9.37. The minimum atomic E-state index is -1.08. The lowest BCUT2D eigenvalue weighted by Gasteiger charge is -2.28. The Morgan fingerprint density at radius 2 is 2.19 bits per heavy atom. The molecule has 6 nitrogen and oxygen atoms in total. The van der Waals surface area contributed by atoms with Crippen molar-refractivity contribution >= 4 is 23.2 Å². The van der Waals surface area contributed by atoms with Gasteiger partial charge in [0.1, 0.15) is 0 Å². The van der Waals surface area contributed by atoms with Crippen molar-refractivity contribution in [1.82, 2.24) is 4.90 Å². The molecule has 144 valence electrons. The van der Waals surface area contributed by atoms with E-state index in [0.29, 0.717) is 34.9 Å². The summed E-state index contributed by atoms with van der Waals surface area (Å²) in [6, 6.07) is 1.07. The van der Waals surface area contributed by atoms with Gasteiger partial charge in [0.25, 0.3) is 5.91 Å². The highest BCUT2D eigenvalue weighted by atomic mass is 32.1. The zero-order valence-electron chi connectivity index (χ0n) is 15.2. The molecule has 3 rings (SSSR count). The second-order valence-corrected chi connectivity index (χ2v) is 7.02. The third-order valence-corrected chi connectivity index (χ3v) is 5.46. The summed E-state index contributed by atoms with van der Waals surface area (Å²) in [4.78, 5) is 25.9. The van der Waals surface area contributed by atoms with E-state index in [9.17, 15) is 19.1 Å². The predicted octanol–water partition coefficient (Wildman–Crippen LogP) is 3.88. The van der Waals surface area contributed by atoms with E-state index in [2.05, 4.69) is 0 Å². The number of fused-ring (bicyclic) bond motifs is 1. The van der Waals surface area contributed by atoms with Crippen LogP contribution in [0.4, 0.5) is 4.39 Å². The molecule has 0 saturated carbocycles. The molecule has 1 atom stereocenters. The minimum absolute atomic E-state index is 0.0698. The molecule has 1 aromatic heterocycles. The second kappa shape index (κ2) is 7.56. The lowest BCUT2D eigenvalue weighted by Crippen LogP contribution is -2.36. The van der Waals surface area contributed by atoms with E-state index in [1.54, 1.807) is 24.4 Å². The van der Waals surface area contributed by atoms with Gasteiger partial charge in [0.05, 0.1) is 31.7 Å². The summed E-state index contributed by atoms with van der Waals surface area (Å²) >= 11 is 1.31. The van der Waals surface area contributed by atoms with Gasteiger partial charge in [0, 0.05) is 22.7 Å². The molecule has 1 aromatic rings. The Morgan fingerprint density at radius 1 is 1.44 bits per heavy atom. The lowest BCUT2D eigenvalue weighted by atomic mass is 9.91. The summed E-state index contributed by atoms with van der Waals surface area (Å²) in [5.41, 5.74) is 1.43. The molecular weight excluding hydrogens is 373 g/mol. The number of allylic oxidation sites excluding steroid dienone is 2. The van der Waals surface area contributed by atoms with Crippen LogP contribution in [0.15, 0.2) is 46.0 Å². The fourth-order valence-electron chi connectivity index (χ4n) is 3.47. The minimum Gasteiger partial charge on any atom is -0.494 e. The average Bonchev–Trinajstić information content (AvgIpc) is 3.19. The Bertz CT molecular complexity index is 882. The summed E-state index contributed by atoms with van der Waals surface area (Å²) in [6.07, 6.45) is 1.57. The Morgan fingerprint density at radius 3 is 2.81 bits per heavy atom. The maximum Gasteiger partial charge on any atom is 0.307 e. The number of aliphatic carboxylic acids is 1. The third kappa shape index (κ3) is 3.37. The number of halogens is 1. The molecule has 1 unspecified atom stereocenters. The first-order chi connectivity index (χ1) is 12.9. The molecule has 1 aliphatic heterocycles. The third-order valence-electron chi connectivity index (χ3n) is 4.62. The summed E-state index contributed by atoms with van der Waals surface area (Å²) < 4.78 is 25.4. The molecule has 0 aromatic carbocycles. The quantitative estimate of drug-likeness (QED) is 0.794. The molecule has 0 spiro atoms. The molecule has 1 aliphatic carbocycles. The van der Waals surface area contributed by atoms with Crippen molar-refractivity contribution in [3.8, 4) is 5.06 Å². The maximum atomic E-state index is 14.9. The van der Waals surface area contributed by atoms with Crippen LogP contribution in [0.25, 0.3) is 0 Å². The van der Waals surface area contributed by atoms with Crippen LogP contribution in [0, 0.1) is 0 Å². The van der Waals surface area contributed by atoms with Crippen molar-refractivity contribution in [2.45, 2.75) is 32.7 Å². The number of carbonyl (C=O) groups is 2. The number of ether oxygens (including phenoxy) is 2. The number of carboxylic acid groups (broad SMARTS) is 1. The molecule has 27 heavy (non-hydrogen) atoms. The van der Waals surface area contributed by atoms with Crippen LogP contribution in [0.2, 0.25) is 0 Å². The van der Waals surface area contributed by atoms with Crippen LogP contribution in [-0.2, 0) is 9.53 Å². The van der Waals surface area contributed by atoms with Crippen molar-refractivity contribution in [2.75, 3.05) is 13.7 Å². The molecular formula is C19H20FNO5S. The fourth-order valence-corrected chi connectivity index (χ4v) is 4.27. The van der Waals surface area contributed by atoms with Gasteiger partial charge in [0.2, 0.25) is 0 Å². The lowest BCUT2D eigenvalue weighted by molar-refractivity contribution is -0.136. The molecule has 1 amide bonds. The largest absolute Gasteiger partial charge is 0.494 e. The van der Waals surface area contributed by atoms with Gasteiger partial charge in [-0.25, -0.2) is 4.39 Å². The van der Waals surface area contributed by atoms with Crippen molar-refractivity contribution in [3.05, 3.63) is 51.5 Å². The van der Waals surface area contributed by atoms with E-state index < -0.39 is 17.8 Å². The number of rotatable bonds is 6. The Kier molecular flexibility index (Phi) is 5.36. The normalized spacial score (nSPS) is 19.2. The van der Waals surface area contributed by atoms with E-state index in [4.69, 9.17) is 9.47 Å². The maximum absolute atomic E-state index is 14.9. The standard InChI is InChI=1S/C19H20FNO5S/c1-4-26-16-7-11(9-27-16)19(24)21-10(2)12(8-15(22)23)17-13(21)5-6-14(25-3)18(17)20/h6-7,9,13H,4-5,8H2,1-3H3,(H,22,23). The smallest absolute Gasteiger partial charge is 0.307 e. The van der Waals surface area contributed by atoms with Gasteiger partial charge in [-0.05, 0) is 31.9 Å². The van der Waals surface area contributed by atoms with E-state index in [1.807, 2.05) is 6.92 Å². The van der Waals surface area contributed by atoms with E-state index in [1.165, 1.54) is 23.3 Å². The number of carbonyl (C=O) groups excluding carboxylic acids is 1. The summed E-state index contributed by atoms with van der Waals surface area (Å²) in [7, 11) is 1.36. The van der Waals surface area contributed by atoms with Gasteiger partial charge >= 0.3 is 5.97 Å². The monoisotopic (exact) mass is 393 g/mol. The van der Waals surface area contributed by atoms with Crippen LogP contribution in [0.3, 0.4) is 0 Å². The van der Waals surface area contributed by atoms with Gasteiger partial charge in [0.15, 0.2) is 16.6 Å². The van der Waals surface area contributed by atoms with Gasteiger partial charge in [-0.3, -0.25) is 9.59 Å². The average molecular weight is 393 g/mol. The highest BCUT2D eigenvalue weighted by Crippen LogP contribution is 2.44. The van der Waals surface area contributed by atoms with Gasteiger partial charge < -0.3 is 19.5 Å². The number of methoxy groups -OCH3 is 1. The van der Waals surface area contributed by atoms with E-state index >= 15 is 0 Å². The van der Waals surface area contributed by atoms with Crippen LogP contribution >= 0.6 is 11.3 Å². The zero-order chi connectivity index (χ0) is 19.7. The number of carboxylic acids is 1. The van der Waals surface area contributed by atoms with Crippen molar-refractivity contribution < 1.29 is 28.6 Å². The van der Waals surface area contributed by atoms with Crippen LogP contribution in [0.5, 0.6) is 5.06 Å². The second-order valence-electron chi connectivity index (χ2n) is 6.15. The first kappa shape index (κ1) is 19.2. The number of hydrogen-bond acceptors (Lipinski definition) is 5. The van der Waals surface area contributed by atoms with Crippen LogP contribution in [-0.4, -0.2) is 41.6 Å². The molecule has 0 saturated heterocycles. The molecule has 0 radical (unpaired) electrons. The van der Waals surface area contributed by atoms with Crippen LogP contribution in [0.1, 0.15) is 37.0 Å². The SMILES string of the molecule is CCOc1cc(C(=O)N2C(C)=C(CC(=O)O)C3=C(F)C(OC)=CCC32)cs1. The molecule has 8 heteroatoms. The topological polar surface area (TPSA) is 76.1 Å². The van der Waals surface area contributed by atoms with Gasteiger partial charge in [-0.2, -0.15) is 0 Å². The molecule has 0 bridgehead atoms. The van der Waals surface area contributed by atoms with Crippen molar-refractivity contribution in [2.24, 2.45) is 0 Å². The fraction of sp³-hybridized carbons (Fsp3) is 0.368. The molecule has 2 aliphatic rings. The van der Waals surface area contributed by atoms with Crippen molar-refractivity contribution in [1.29, 1.82) is 0 Å². The highest BCUT2D eigenvalue weighted by molar-refractivity contribution is 7.12. The van der Waals surface area contributed by atoms with Gasteiger partial charge in [-0.1, -0.05) is 0 Å². The summed E-state index contributed by atoms with van der Waals surface area (Å²) in [6.45, 7) is 4.00. The Hall–Kier alpha value is -2.61. The predicted molar refractivity (Wildman–Crippen MR) is 98.2 cm³/mol. The highest BCUT2D eigenvalue weighted by Gasteiger charge is 2.43. The van der Waals surface area contributed by atoms with Crippen LogP contribution < -0.4 is 4.74 Å². The molecule has 1 N–H and O–H groups in total. The molecule has 0 fully saturated rings. The summed E-state index contributed by atoms with van der Waals surface area (Å²) in [5.74, 6) is -1.93. The Balaban J connectivity index is 2.03. The molecule has 2 heterocycles. The van der Waals surface area contributed by atoms with E-state index in [0.717, 1.165) is 0 Å². The summed E-state index contributed by atoms with van der Waals surface area (Å²) in [5, 5.41) is 11.6. The number of amides is 1. The number of nitrogens with zero attached hydrogens (tertiary/aromatic N) is 1. The Labute approximate surface area is 160 Å². The van der Waals surface area contributed by atoms with Gasteiger partial charge in [-0.15, -0.1) is 11.3 Å².